The molecule has 20 heavy (non-hydrogen) atoms. The molecule has 3 fully saturated rings. The van der Waals surface area contributed by atoms with Gasteiger partial charge in [0.2, 0.25) is 0 Å². The monoisotopic (exact) mass is 276 g/mol. The maximum atomic E-state index is 9.54. The van der Waals surface area contributed by atoms with E-state index in [9.17, 15) is 5.26 Å². The molecule has 2 saturated carbocycles. The quantitative estimate of drug-likeness (QED) is 0.793. The van der Waals surface area contributed by atoms with Gasteiger partial charge in [0.15, 0.2) is 0 Å². The Bertz CT molecular complexity index is 364. The summed E-state index contributed by atoms with van der Waals surface area (Å²) in [5.74, 6) is 1.10. The fraction of sp³-hybridized carbons (Fsp3) is 0.941. The van der Waals surface area contributed by atoms with Crippen molar-refractivity contribution < 1.29 is 4.74 Å². The molecule has 112 valence electrons. The lowest BCUT2D eigenvalue weighted by atomic mass is 9.76. The molecule has 2 aliphatic carbocycles. The second-order valence-corrected chi connectivity index (χ2v) is 6.92. The molecule has 1 saturated heterocycles. The highest BCUT2D eigenvalue weighted by molar-refractivity contribution is 5.02. The number of fused-ring (bicyclic) bond motifs is 1. The van der Waals surface area contributed by atoms with Crippen LogP contribution in [0.3, 0.4) is 0 Å². The van der Waals surface area contributed by atoms with Crippen molar-refractivity contribution in [2.24, 2.45) is 11.8 Å². The van der Waals surface area contributed by atoms with E-state index < -0.39 is 0 Å². The molecule has 3 heteroatoms. The van der Waals surface area contributed by atoms with Gasteiger partial charge in [0.05, 0.1) is 24.7 Å². The molecular formula is C17H28N2O. The zero-order chi connectivity index (χ0) is 13.9. The topological polar surface area (TPSA) is 36.3 Å². The van der Waals surface area contributed by atoms with Gasteiger partial charge in [0.25, 0.3) is 0 Å². The number of nitriles is 1. The highest BCUT2D eigenvalue weighted by Gasteiger charge is 2.43. The Balaban J connectivity index is 1.72. The molecule has 0 aromatic heterocycles. The first kappa shape index (κ1) is 14.4. The van der Waals surface area contributed by atoms with Gasteiger partial charge in [-0.3, -0.25) is 4.90 Å². The molecule has 5 unspecified atom stereocenters. The summed E-state index contributed by atoms with van der Waals surface area (Å²) < 4.78 is 5.94. The minimum absolute atomic E-state index is 0.252. The van der Waals surface area contributed by atoms with Crippen molar-refractivity contribution in [1.29, 1.82) is 5.26 Å². The van der Waals surface area contributed by atoms with E-state index >= 15 is 0 Å². The summed E-state index contributed by atoms with van der Waals surface area (Å²) in [6, 6.07) is 3.71. The summed E-state index contributed by atoms with van der Waals surface area (Å²) in [4.78, 5) is 2.68. The zero-order valence-electron chi connectivity index (χ0n) is 12.8. The lowest BCUT2D eigenvalue weighted by molar-refractivity contribution is -0.0856. The summed E-state index contributed by atoms with van der Waals surface area (Å²) in [5.41, 5.74) is 0. The third-order valence-corrected chi connectivity index (χ3v) is 5.74. The molecule has 0 aromatic carbocycles. The van der Waals surface area contributed by atoms with Crippen LogP contribution in [0, 0.1) is 23.2 Å². The van der Waals surface area contributed by atoms with E-state index in [1.54, 1.807) is 0 Å². The van der Waals surface area contributed by atoms with E-state index in [0.29, 0.717) is 18.2 Å². The van der Waals surface area contributed by atoms with Crippen molar-refractivity contribution in [2.45, 2.75) is 76.5 Å². The van der Waals surface area contributed by atoms with Crippen LogP contribution in [0.5, 0.6) is 0 Å². The number of ether oxygens (including phenoxy) is 1. The van der Waals surface area contributed by atoms with Gasteiger partial charge < -0.3 is 4.74 Å². The third kappa shape index (κ3) is 2.73. The predicted molar refractivity (Wildman–Crippen MR) is 79.2 cm³/mol. The molecule has 1 heterocycles. The lowest BCUT2D eigenvalue weighted by Gasteiger charge is -2.47. The average Bonchev–Trinajstić information content (AvgIpc) is 2.96. The minimum atomic E-state index is 0.252. The van der Waals surface area contributed by atoms with E-state index in [1.807, 2.05) is 0 Å². The molecule has 1 aliphatic heterocycles. The van der Waals surface area contributed by atoms with Gasteiger partial charge in [-0.1, -0.05) is 19.8 Å². The lowest BCUT2D eigenvalue weighted by Crippen LogP contribution is -2.56. The summed E-state index contributed by atoms with van der Waals surface area (Å²) in [6.07, 6.45) is 10.5. The SMILES string of the molecule is CCCC1CCC(C#N)C(N2CCOC3CCCC32)C1. The van der Waals surface area contributed by atoms with Crippen LogP contribution in [0.2, 0.25) is 0 Å². The highest BCUT2D eigenvalue weighted by atomic mass is 16.5. The van der Waals surface area contributed by atoms with Gasteiger partial charge in [-0.15, -0.1) is 0 Å². The molecule has 3 nitrogen and oxygen atoms in total. The number of nitrogens with zero attached hydrogens (tertiary/aromatic N) is 2. The Hall–Kier alpha value is -0.590. The molecule has 0 amide bonds. The van der Waals surface area contributed by atoms with Gasteiger partial charge in [-0.25, -0.2) is 0 Å². The van der Waals surface area contributed by atoms with Crippen LogP contribution in [0.25, 0.3) is 0 Å². The third-order valence-electron chi connectivity index (χ3n) is 5.74. The standard InChI is InChI=1S/C17H28N2O/c1-2-4-13-7-8-14(12-18)16(11-13)19-9-10-20-17-6-3-5-15(17)19/h13-17H,2-11H2,1H3. The normalized spacial score (nSPS) is 42.1. The minimum Gasteiger partial charge on any atom is -0.375 e. The first-order valence-corrected chi connectivity index (χ1v) is 8.60. The van der Waals surface area contributed by atoms with Crippen molar-refractivity contribution in [2.75, 3.05) is 13.2 Å². The number of hydrogen-bond acceptors (Lipinski definition) is 3. The average molecular weight is 276 g/mol. The van der Waals surface area contributed by atoms with Crippen molar-refractivity contribution in [3.8, 4) is 6.07 Å². The van der Waals surface area contributed by atoms with E-state index in [-0.39, 0.29) is 5.92 Å². The Labute approximate surface area is 123 Å². The smallest absolute Gasteiger partial charge is 0.0731 e. The zero-order valence-corrected chi connectivity index (χ0v) is 12.8. The van der Waals surface area contributed by atoms with Gasteiger partial charge in [0.1, 0.15) is 0 Å². The van der Waals surface area contributed by atoms with Crippen LogP contribution in [0.1, 0.15) is 58.3 Å². The molecule has 0 N–H and O–H groups in total. The summed E-state index contributed by atoms with van der Waals surface area (Å²) >= 11 is 0. The molecule has 0 spiro atoms. The van der Waals surface area contributed by atoms with Crippen molar-refractivity contribution in [1.82, 2.24) is 4.90 Å². The molecule has 0 aromatic rings. The Morgan fingerprint density at radius 2 is 2.10 bits per heavy atom. The first-order chi connectivity index (χ1) is 9.83. The summed E-state index contributed by atoms with van der Waals surface area (Å²) in [6.45, 7) is 4.20. The van der Waals surface area contributed by atoms with Crippen LogP contribution in [-0.4, -0.2) is 36.2 Å². The van der Waals surface area contributed by atoms with E-state index in [2.05, 4.69) is 17.9 Å². The van der Waals surface area contributed by atoms with Gasteiger partial charge in [-0.05, 0) is 44.4 Å². The van der Waals surface area contributed by atoms with Crippen LogP contribution < -0.4 is 0 Å². The van der Waals surface area contributed by atoms with E-state index in [4.69, 9.17) is 4.74 Å². The fourth-order valence-electron chi connectivity index (χ4n) is 4.79. The highest BCUT2D eigenvalue weighted by Crippen LogP contribution is 2.39. The van der Waals surface area contributed by atoms with E-state index in [0.717, 1.165) is 25.5 Å². The second-order valence-electron chi connectivity index (χ2n) is 6.92. The van der Waals surface area contributed by atoms with Crippen molar-refractivity contribution in [3.05, 3.63) is 0 Å². The first-order valence-electron chi connectivity index (χ1n) is 8.60. The Kier molecular flexibility index (Phi) is 4.63. The Morgan fingerprint density at radius 3 is 2.90 bits per heavy atom. The molecular weight excluding hydrogens is 248 g/mol. The van der Waals surface area contributed by atoms with Crippen LogP contribution in [0.15, 0.2) is 0 Å². The molecule has 3 aliphatic rings. The molecule has 5 atom stereocenters. The molecule has 3 rings (SSSR count). The summed E-state index contributed by atoms with van der Waals surface area (Å²) in [7, 11) is 0. The van der Waals surface area contributed by atoms with E-state index in [1.165, 1.54) is 44.9 Å². The van der Waals surface area contributed by atoms with Crippen molar-refractivity contribution in [3.63, 3.8) is 0 Å². The Morgan fingerprint density at radius 1 is 1.20 bits per heavy atom. The maximum absolute atomic E-state index is 9.54. The van der Waals surface area contributed by atoms with Gasteiger partial charge >= 0.3 is 0 Å². The number of morpholine rings is 1. The van der Waals surface area contributed by atoms with Gasteiger partial charge in [0, 0.05) is 18.6 Å². The largest absolute Gasteiger partial charge is 0.375 e. The second kappa shape index (κ2) is 6.45. The van der Waals surface area contributed by atoms with Crippen LogP contribution >= 0.6 is 0 Å². The molecule has 0 radical (unpaired) electrons. The number of rotatable bonds is 3. The van der Waals surface area contributed by atoms with Crippen molar-refractivity contribution >= 4 is 0 Å². The van der Waals surface area contributed by atoms with Crippen LogP contribution in [0.4, 0.5) is 0 Å². The summed E-state index contributed by atoms with van der Waals surface area (Å²) in [5, 5.41) is 9.54. The number of hydrogen-bond donors (Lipinski definition) is 0. The fourth-order valence-corrected chi connectivity index (χ4v) is 4.79. The van der Waals surface area contributed by atoms with Gasteiger partial charge in [-0.2, -0.15) is 5.26 Å². The molecule has 0 bridgehead atoms. The van der Waals surface area contributed by atoms with Crippen LogP contribution in [-0.2, 0) is 4.74 Å². The predicted octanol–water partition coefficient (Wildman–Crippen LogP) is 3.35. The maximum Gasteiger partial charge on any atom is 0.0731 e.